The smallest absolute Gasteiger partial charge is 0.328 e. The van der Waals surface area contributed by atoms with E-state index in [4.69, 9.17) is 19.6 Å². The molecule has 4 aromatic rings. The number of nitrogens with zero attached hydrogens (tertiary/aromatic N) is 2. The molecule has 10 heteroatoms. The Balaban J connectivity index is 1.19. The summed E-state index contributed by atoms with van der Waals surface area (Å²) < 4.78 is 14.0. The molecule has 0 spiro atoms. The van der Waals surface area contributed by atoms with Crippen LogP contribution >= 0.6 is 0 Å². The first kappa shape index (κ1) is 31.5. The van der Waals surface area contributed by atoms with Crippen LogP contribution in [0.25, 0.3) is 28.5 Å². The summed E-state index contributed by atoms with van der Waals surface area (Å²) in [5.41, 5.74) is 3.19. The lowest BCUT2D eigenvalue weighted by molar-refractivity contribution is -0.131. The maximum atomic E-state index is 13.9. The molecule has 3 aromatic carbocycles. The molecule has 7 rings (SSSR count). The first-order valence-corrected chi connectivity index (χ1v) is 16.8. The molecule has 0 radical (unpaired) electrons. The van der Waals surface area contributed by atoms with E-state index in [9.17, 15) is 14.4 Å². The molecular formula is C38H40N4O6. The van der Waals surface area contributed by atoms with Gasteiger partial charge in [0, 0.05) is 23.4 Å². The first-order chi connectivity index (χ1) is 23.2. The maximum Gasteiger partial charge on any atom is 0.328 e. The minimum Gasteiger partial charge on any atom is -0.478 e. The van der Waals surface area contributed by atoms with E-state index in [1.165, 1.54) is 12.5 Å². The third-order valence-corrected chi connectivity index (χ3v) is 10.2. The van der Waals surface area contributed by atoms with Gasteiger partial charge in [-0.15, -0.1) is 0 Å². The van der Waals surface area contributed by atoms with Crippen LogP contribution in [0.1, 0.15) is 80.8 Å². The van der Waals surface area contributed by atoms with E-state index in [1.807, 2.05) is 36.4 Å². The maximum absolute atomic E-state index is 13.9. The van der Waals surface area contributed by atoms with E-state index >= 15 is 0 Å². The Kier molecular flexibility index (Phi) is 8.41. The van der Waals surface area contributed by atoms with Crippen LogP contribution < -0.4 is 20.1 Å². The molecule has 248 valence electrons. The molecule has 3 aliphatic rings. The van der Waals surface area contributed by atoms with Gasteiger partial charge in [0.15, 0.2) is 11.5 Å². The highest BCUT2D eigenvalue weighted by Gasteiger charge is 2.43. The Bertz CT molecular complexity index is 1900. The lowest BCUT2D eigenvalue weighted by atomic mass is 9.78. The van der Waals surface area contributed by atoms with Crippen LogP contribution in [0.2, 0.25) is 0 Å². The van der Waals surface area contributed by atoms with Crippen LogP contribution in [-0.2, 0) is 9.59 Å². The summed E-state index contributed by atoms with van der Waals surface area (Å²) in [6.07, 6.45) is 8.73. The monoisotopic (exact) mass is 648 g/mol. The highest BCUT2D eigenvalue weighted by molar-refractivity contribution is 6.05. The van der Waals surface area contributed by atoms with Crippen LogP contribution in [0, 0.1) is 11.8 Å². The Morgan fingerprint density at radius 2 is 1.71 bits per heavy atom. The van der Waals surface area contributed by atoms with Crippen molar-refractivity contribution in [2.24, 2.45) is 11.8 Å². The fourth-order valence-corrected chi connectivity index (χ4v) is 7.78. The van der Waals surface area contributed by atoms with Crippen LogP contribution in [0.3, 0.4) is 0 Å². The first-order valence-electron chi connectivity index (χ1n) is 16.8. The van der Waals surface area contributed by atoms with Gasteiger partial charge in [-0.3, -0.25) is 9.59 Å². The molecule has 10 nitrogen and oxygen atoms in total. The number of carbonyl (C=O) groups excluding carboxylic acids is 2. The number of carbonyl (C=O) groups is 3. The van der Waals surface area contributed by atoms with Gasteiger partial charge in [-0.05, 0) is 91.6 Å². The summed E-state index contributed by atoms with van der Waals surface area (Å²) in [6.45, 7) is 4.78. The standard InChI is InChI=1S/C38H40N4O6/c1-23-7-5-8-24(2)33(23)42-30-17-14-26(21-29(30)40-35(42)28-9-6-10-31-34(28)48-22-47-31)36(45)41-38(19-3-4-20-38)37(46)39-27-15-11-25(12-16-27)13-18-32(43)44/h6,9-18,21,23-24,33H,3-5,7-8,19-20,22H2,1-2H3,(H,39,46)(H,41,45)(H,43,44)/b18-13+/t23-,24-/m0/s1. The van der Waals surface area contributed by atoms with Crippen molar-refractivity contribution < 1.29 is 29.0 Å². The lowest BCUT2D eigenvalue weighted by Crippen LogP contribution is -2.55. The third kappa shape index (κ3) is 5.91. The minimum absolute atomic E-state index is 0.165. The molecule has 2 fully saturated rings. The highest BCUT2D eigenvalue weighted by atomic mass is 16.7. The van der Waals surface area contributed by atoms with Crippen molar-refractivity contribution in [3.63, 3.8) is 0 Å². The van der Waals surface area contributed by atoms with Gasteiger partial charge in [0.2, 0.25) is 12.7 Å². The topological polar surface area (TPSA) is 132 Å². The quantitative estimate of drug-likeness (QED) is 0.172. The number of hydrogen-bond donors (Lipinski definition) is 3. The fraction of sp³-hybridized carbons (Fsp3) is 0.368. The predicted molar refractivity (Wildman–Crippen MR) is 183 cm³/mol. The number of carboxylic acid groups (broad SMARTS) is 1. The van der Waals surface area contributed by atoms with Crippen molar-refractivity contribution in [3.05, 3.63) is 77.9 Å². The van der Waals surface area contributed by atoms with E-state index in [0.29, 0.717) is 58.5 Å². The summed E-state index contributed by atoms with van der Waals surface area (Å²) in [5, 5.41) is 14.9. The number of nitrogens with one attached hydrogen (secondary N) is 2. The Morgan fingerprint density at radius 3 is 2.44 bits per heavy atom. The van der Waals surface area contributed by atoms with Crippen molar-refractivity contribution in [1.82, 2.24) is 14.9 Å². The van der Waals surface area contributed by atoms with Gasteiger partial charge in [0.25, 0.3) is 5.91 Å². The van der Waals surface area contributed by atoms with E-state index in [0.717, 1.165) is 48.7 Å². The highest BCUT2D eigenvalue weighted by Crippen LogP contribution is 2.46. The van der Waals surface area contributed by atoms with Crippen molar-refractivity contribution in [1.29, 1.82) is 0 Å². The number of aliphatic carboxylic acids is 1. The van der Waals surface area contributed by atoms with E-state index < -0.39 is 11.5 Å². The normalized spacial score (nSPS) is 20.3. The Morgan fingerprint density at radius 1 is 0.958 bits per heavy atom. The van der Waals surface area contributed by atoms with Gasteiger partial charge in [0.1, 0.15) is 11.4 Å². The fourth-order valence-electron chi connectivity index (χ4n) is 7.78. The molecule has 2 atom stereocenters. The third-order valence-electron chi connectivity index (χ3n) is 10.2. The summed E-state index contributed by atoms with van der Waals surface area (Å²) in [5.74, 6) is 1.44. The number of anilines is 1. The number of aromatic nitrogens is 2. The molecule has 1 aromatic heterocycles. The zero-order chi connectivity index (χ0) is 33.4. The summed E-state index contributed by atoms with van der Waals surface area (Å²) in [7, 11) is 0. The summed E-state index contributed by atoms with van der Waals surface area (Å²) in [6, 6.07) is 18.6. The summed E-state index contributed by atoms with van der Waals surface area (Å²) in [4.78, 5) is 43.6. The van der Waals surface area contributed by atoms with Gasteiger partial charge in [-0.2, -0.15) is 0 Å². The van der Waals surface area contributed by atoms with Crippen molar-refractivity contribution in [3.8, 4) is 22.9 Å². The molecule has 0 unspecified atom stereocenters. The van der Waals surface area contributed by atoms with E-state index in [-0.39, 0.29) is 24.6 Å². The molecule has 0 bridgehead atoms. The molecule has 3 N–H and O–H groups in total. The average molecular weight is 649 g/mol. The predicted octanol–water partition coefficient (Wildman–Crippen LogP) is 7.21. The van der Waals surface area contributed by atoms with Gasteiger partial charge in [-0.1, -0.05) is 51.3 Å². The van der Waals surface area contributed by atoms with Crippen molar-refractivity contribution >= 4 is 40.6 Å². The molecule has 2 amide bonds. The van der Waals surface area contributed by atoms with Gasteiger partial charge in [0.05, 0.1) is 16.6 Å². The molecular weight excluding hydrogens is 608 g/mol. The Labute approximate surface area is 279 Å². The lowest BCUT2D eigenvalue weighted by Gasteiger charge is -2.37. The number of ether oxygens (including phenoxy) is 2. The van der Waals surface area contributed by atoms with Crippen LogP contribution in [0.5, 0.6) is 11.5 Å². The van der Waals surface area contributed by atoms with Crippen LogP contribution in [0.4, 0.5) is 5.69 Å². The van der Waals surface area contributed by atoms with Gasteiger partial charge in [-0.25, -0.2) is 9.78 Å². The van der Waals surface area contributed by atoms with E-state index in [2.05, 4.69) is 29.0 Å². The number of carboxylic acids is 1. The molecule has 2 heterocycles. The number of benzene rings is 3. The van der Waals surface area contributed by atoms with Crippen LogP contribution in [0.15, 0.2) is 66.7 Å². The number of para-hydroxylation sites is 1. The molecule has 48 heavy (non-hydrogen) atoms. The number of fused-ring (bicyclic) bond motifs is 2. The van der Waals surface area contributed by atoms with E-state index in [1.54, 1.807) is 24.3 Å². The molecule has 2 aliphatic carbocycles. The van der Waals surface area contributed by atoms with Crippen molar-refractivity contribution in [2.75, 3.05) is 12.1 Å². The molecule has 2 saturated carbocycles. The number of hydrogen-bond acceptors (Lipinski definition) is 6. The number of imidazole rings is 1. The van der Waals surface area contributed by atoms with Gasteiger partial charge < -0.3 is 29.8 Å². The second-order valence-electron chi connectivity index (χ2n) is 13.4. The average Bonchev–Trinajstić information content (AvgIpc) is 3.84. The largest absolute Gasteiger partial charge is 0.478 e. The molecule has 1 aliphatic heterocycles. The number of rotatable bonds is 8. The summed E-state index contributed by atoms with van der Waals surface area (Å²) >= 11 is 0. The zero-order valence-corrected chi connectivity index (χ0v) is 27.2. The SMILES string of the molecule is C[C@H]1CCC[C@H](C)C1n1c(-c2cccc3c2OCO3)nc2cc(C(=O)NC3(C(=O)Nc4ccc(/C=C/C(=O)O)cc4)CCCC3)ccc21. The minimum atomic E-state index is -1.05. The zero-order valence-electron chi connectivity index (χ0n) is 27.2. The number of amides is 2. The molecule has 0 saturated heterocycles. The van der Waals surface area contributed by atoms with Crippen LogP contribution in [-0.4, -0.2) is 44.8 Å². The second-order valence-corrected chi connectivity index (χ2v) is 13.4. The van der Waals surface area contributed by atoms with Crippen molar-refractivity contribution in [2.45, 2.75) is 70.4 Å². The second kappa shape index (κ2) is 12.8. The van der Waals surface area contributed by atoms with Gasteiger partial charge >= 0.3 is 5.97 Å². The Hall–Kier alpha value is -5.12.